The topological polar surface area (TPSA) is 103 Å². The van der Waals surface area contributed by atoms with Crippen LogP contribution in [0.15, 0.2) is 30.3 Å². The highest BCUT2D eigenvalue weighted by Crippen LogP contribution is 2.44. The molecule has 3 aromatic rings. The summed E-state index contributed by atoms with van der Waals surface area (Å²) >= 11 is 0. The van der Waals surface area contributed by atoms with Gasteiger partial charge in [-0.15, -0.1) is 0 Å². The summed E-state index contributed by atoms with van der Waals surface area (Å²) in [6, 6.07) is 9.03. The van der Waals surface area contributed by atoms with Crippen LogP contribution in [-0.4, -0.2) is 55.8 Å². The second kappa shape index (κ2) is 11.9. The van der Waals surface area contributed by atoms with E-state index < -0.39 is 20.4 Å². The Morgan fingerprint density at radius 2 is 1.73 bits per heavy atom. The number of ether oxygens (including phenoxy) is 3. The highest BCUT2D eigenvalue weighted by Gasteiger charge is 2.42. The van der Waals surface area contributed by atoms with Crippen LogP contribution in [0.5, 0.6) is 11.5 Å². The fourth-order valence-electron chi connectivity index (χ4n) is 5.10. The van der Waals surface area contributed by atoms with Gasteiger partial charge in [0.1, 0.15) is 17.3 Å². The molecule has 2 N–H and O–H groups in total. The van der Waals surface area contributed by atoms with Crippen LogP contribution in [0.2, 0.25) is 18.1 Å². The number of benzene rings is 2. The minimum absolute atomic E-state index is 0.0192. The molecule has 1 aliphatic rings. The third-order valence-corrected chi connectivity index (χ3v) is 13.0. The van der Waals surface area contributed by atoms with Gasteiger partial charge in [-0.3, -0.25) is 0 Å². The number of carbonyl (C=O) groups is 1. The molecule has 2 aromatic carbocycles. The molecule has 1 aromatic heterocycles. The fourth-order valence-corrected chi connectivity index (χ4v) is 6.38. The largest absolute Gasteiger partial charge is 0.496 e. The lowest BCUT2D eigenvalue weighted by Gasteiger charge is -2.42. The summed E-state index contributed by atoms with van der Waals surface area (Å²) < 4.78 is 25.6. The van der Waals surface area contributed by atoms with Crippen molar-refractivity contribution in [2.75, 3.05) is 14.2 Å². The van der Waals surface area contributed by atoms with Gasteiger partial charge < -0.3 is 28.7 Å². The molecule has 0 amide bonds. The van der Waals surface area contributed by atoms with Crippen molar-refractivity contribution in [3.05, 3.63) is 52.8 Å². The van der Waals surface area contributed by atoms with Crippen molar-refractivity contribution in [3.63, 3.8) is 0 Å². The molecule has 4 rings (SSSR count). The normalized spacial score (nSPS) is 16.3. The van der Waals surface area contributed by atoms with E-state index in [0.717, 1.165) is 59.7 Å². The van der Waals surface area contributed by atoms with Crippen molar-refractivity contribution < 1.29 is 28.5 Å². The molecule has 1 saturated carbocycles. The molecule has 8 nitrogen and oxygen atoms in total. The number of H-pyrrole nitrogens is 1. The van der Waals surface area contributed by atoms with E-state index in [2.05, 4.69) is 38.8 Å². The van der Waals surface area contributed by atoms with E-state index in [0.29, 0.717) is 11.9 Å². The first-order valence-corrected chi connectivity index (χ1v) is 17.0. The molecule has 0 aliphatic heterocycles. The van der Waals surface area contributed by atoms with Gasteiger partial charge in [0.2, 0.25) is 0 Å². The molecule has 0 spiro atoms. The highest BCUT2D eigenvalue weighted by atomic mass is 28.4. The average molecular weight is 569 g/mol. The monoisotopic (exact) mass is 568 g/mol. The second-order valence-corrected chi connectivity index (χ2v) is 17.1. The van der Waals surface area contributed by atoms with Gasteiger partial charge in [-0.1, -0.05) is 33.6 Å². The van der Waals surface area contributed by atoms with Crippen LogP contribution >= 0.6 is 0 Å². The number of methoxy groups -OCH3 is 2. The Labute approximate surface area is 238 Å². The summed E-state index contributed by atoms with van der Waals surface area (Å²) in [7, 11) is 1.07. The molecule has 1 aliphatic carbocycles. The Hall–Kier alpha value is -2.88. The van der Waals surface area contributed by atoms with Crippen LogP contribution in [-0.2, 0) is 15.6 Å². The van der Waals surface area contributed by atoms with Crippen molar-refractivity contribution in [2.45, 2.75) is 96.2 Å². The number of fused-ring (bicyclic) bond motifs is 1. The van der Waals surface area contributed by atoms with E-state index in [4.69, 9.17) is 23.6 Å². The van der Waals surface area contributed by atoms with E-state index in [1.54, 1.807) is 32.4 Å². The van der Waals surface area contributed by atoms with Crippen molar-refractivity contribution >= 4 is 25.3 Å². The van der Waals surface area contributed by atoms with Gasteiger partial charge in [0, 0.05) is 12.0 Å². The number of nitrogens with one attached hydrogen (secondary N) is 1. The van der Waals surface area contributed by atoms with Crippen molar-refractivity contribution in [2.24, 2.45) is 0 Å². The molecule has 0 radical (unpaired) electrons. The SMILES string of the molecule is COc1cc(C(O[Si](C)(C)C(C)(C)C)C(Cc2nc3ccc(C(=O)O)cc3[nH]2)OC2CCCC2)cc(OC)c1C. The number of hydrogen-bond donors (Lipinski definition) is 2. The van der Waals surface area contributed by atoms with Gasteiger partial charge in [0.25, 0.3) is 0 Å². The summed E-state index contributed by atoms with van der Waals surface area (Å²) in [6.07, 6.45) is 4.23. The summed E-state index contributed by atoms with van der Waals surface area (Å²) in [6.45, 7) is 13.2. The lowest BCUT2D eigenvalue weighted by atomic mass is 9.99. The predicted molar refractivity (Wildman–Crippen MR) is 159 cm³/mol. The quantitative estimate of drug-likeness (QED) is 0.235. The number of carboxylic acids is 1. The number of aromatic nitrogens is 2. The zero-order valence-electron chi connectivity index (χ0n) is 25.1. The van der Waals surface area contributed by atoms with Crippen LogP contribution in [0.4, 0.5) is 0 Å². The molecule has 1 heterocycles. The third kappa shape index (κ3) is 6.53. The van der Waals surface area contributed by atoms with Gasteiger partial charge in [0.15, 0.2) is 8.32 Å². The highest BCUT2D eigenvalue weighted by molar-refractivity contribution is 6.74. The lowest BCUT2D eigenvalue weighted by molar-refractivity contribution is -0.0712. The van der Waals surface area contributed by atoms with Crippen LogP contribution in [0.3, 0.4) is 0 Å². The molecule has 1 fully saturated rings. The average Bonchev–Trinajstić information content (AvgIpc) is 3.55. The minimum atomic E-state index is -2.26. The first-order chi connectivity index (χ1) is 18.8. The number of rotatable bonds is 11. The first-order valence-electron chi connectivity index (χ1n) is 14.1. The van der Waals surface area contributed by atoms with Crippen LogP contribution < -0.4 is 9.47 Å². The van der Waals surface area contributed by atoms with Crippen LogP contribution in [0.1, 0.15) is 79.9 Å². The molecule has 40 heavy (non-hydrogen) atoms. The van der Waals surface area contributed by atoms with Crippen LogP contribution in [0, 0.1) is 6.92 Å². The summed E-state index contributed by atoms with van der Waals surface area (Å²) in [5.41, 5.74) is 3.51. The van der Waals surface area contributed by atoms with E-state index >= 15 is 0 Å². The molecule has 0 bridgehead atoms. The number of imidazole rings is 1. The van der Waals surface area contributed by atoms with E-state index in [1.807, 2.05) is 19.1 Å². The maximum atomic E-state index is 11.5. The van der Waals surface area contributed by atoms with E-state index in [1.165, 1.54) is 0 Å². The number of hydrogen-bond acceptors (Lipinski definition) is 6. The van der Waals surface area contributed by atoms with Crippen molar-refractivity contribution in [1.82, 2.24) is 9.97 Å². The molecular formula is C31H44N2O6Si. The molecule has 9 heteroatoms. The Morgan fingerprint density at radius 1 is 1.10 bits per heavy atom. The number of aromatic amines is 1. The standard InChI is InChI=1S/C31H44N2O6Si/c1-19-25(36-5)16-21(17-26(19)37-6)29(39-40(7,8)31(2,3)4)27(38-22-11-9-10-12-22)18-28-32-23-14-13-20(30(34)35)15-24(23)33-28/h13-17,22,27,29H,9-12,18H2,1-8H3,(H,32,33)(H,34,35). The van der Waals surface area contributed by atoms with E-state index in [-0.39, 0.29) is 22.8 Å². The molecule has 0 saturated heterocycles. The zero-order chi connectivity index (χ0) is 29.2. The summed E-state index contributed by atoms with van der Waals surface area (Å²) in [4.78, 5) is 19.7. The molecule has 2 unspecified atom stereocenters. The predicted octanol–water partition coefficient (Wildman–Crippen LogP) is 7.22. The van der Waals surface area contributed by atoms with Crippen molar-refractivity contribution in [3.8, 4) is 11.5 Å². The third-order valence-electron chi connectivity index (χ3n) is 8.51. The lowest BCUT2D eigenvalue weighted by Crippen LogP contribution is -2.45. The second-order valence-electron chi connectivity index (χ2n) is 12.4. The van der Waals surface area contributed by atoms with Crippen molar-refractivity contribution in [1.29, 1.82) is 0 Å². The first kappa shape index (κ1) is 30.1. The maximum absolute atomic E-state index is 11.5. The summed E-state index contributed by atoms with van der Waals surface area (Å²) in [5, 5.41) is 9.43. The smallest absolute Gasteiger partial charge is 0.335 e. The Morgan fingerprint density at radius 3 is 2.27 bits per heavy atom. The Kier molecular flexibility index (Phi) is 8.97. The summed E-state index contributed by atoms with van der Waals surface area (Å²) in [5.74, 6) is 1.24. The number of carboxylic acid groups (broad SMARTS) is 1. The Bertz CT molecular complexity index is 1310. The minimum Gasteiger partial charge on any atom is -0.496 e. The molecule has 218 valence electrons. The van der Waals surface area contributed by atoms with E-state index in [9.17, 15) is 9.90 Å². The number of nitrogens with zero attached hydrogens (tertiary/aromatic N) is 1. The van der Waals surface area contributed by atoms with Crippen LogP contribution in [0.25, 0.3) is 11.0 Å². The Balaban J connectivity index is 1.81. The maximum Gasteiger partial charge on any atom is 0.335 e. The van der Waals surface area contributed by atoms with Gasteiger partial charge in [0.05, 0.1) is 49.1 Å². The number of aromatic carboxylic acids is 1. The van der Waals surface area contributed by atoms with Gasteiger partial charge in [-0.25, -0.2) is 9.78 Å². The zero-order valence-corrected chi connectivity index (χ0v) is 26.1. The molecular weight excluding hydrogens is 524 g/mol. The van der Waals surface area contributed by atoms with Gasteiger partial charge in [-0.05, 0) is 73.8 Å². The fraction of sp³-hybridized carbons (Fsp3) is 0.548. The van der Waals surface area contributed by atoms with Gasteiger partial charge >= 0.3 is 5.97 Å². The molecule has 2 atom stereocenters. The van der Waals surface area contributed by atoms with Gasteiger partial charge in [-0.2, -0.15) is 0 Å².